The van der Waals surface area contributed by atoms with E-state index in [-0.39, 0.29) is 5.78 Å². The lowest BCUT2D eigenvalue weighted by Gasteiger charge is -2.36. The Labute approximate surface area is 118 Å². The van der Waals surface area contributed by atoms with Gasteiger partial charge < -0.3 is 5.32 Å². The summed E-state index contributed by atoms with van der Waals surface area (Å²) in [6.07, 6.45) is 3.36. The first kappa shape index (κ1) is 13.1. The van der Waals surface area contributed by atoms with E-state index >= 15 is 0 Å². The first-order valence-electron chi connectivity index (χ1n) is 7.03. The number of nitrogens with one attached hydrogen (secondary N) is 1. The summed E-state index contributed by atoms with van der Waals surface area (Å²) in [5, 5.41) is 7.49. The number of carbonyl (C=O) groups excluding carboxylic acids is 1. The number of ketones is 1. The number of aryl methyl sites for hydroxylation is 1. The molecule has 0 radical (unpaired) electrons. The van der Waals surface area contributed by atoms with Gasteiger partial charge in [0.05, 0.1) is 5.41 Å². The number of carbonyl (C=O) groups is 1. The van der Waals surface area contributed by atoms with Crippen LogP contribution in [0.1, 0.15) is 28.9 Å². The van der Waals surface area contributed by atoms with E-state index < -0.39 is 5.41 Å². The summed E-state index contributed by atoms with van der Waals surface area (Å²) in [4.78, 5) is 13.1. The molecule has 1 aliphatic rings. The van der Waals surface area contributed by atoms with Gasteiger partial charge in [0, 0.05) is 13.2 Å². The number of Topliss-reactive ketones (excluding diaryl/α,β-unsaturated/α-hetero) is 1. The summed E-state index contributed by atoms with van der Waals surface area (Å²) in [6.45, 7) is 1.75. The second-order valence-electron chi connectivity index (χ2n) is 5.37. The van der Waals surface area contributed by atoms with Crippen LogP contribution >= 0.6 is 0 Å². The van der Waals surface area contributed by atoms with Gasteiger partial charge in [-0.2, -0.15) is 5.10 Å². The molecule has 0 bridgehead atoms. The average Bonchev–Trinajstić information content (AvgIpc) is 2.94. The third-order valence-electron chi connectivity index (χ3n) is 4.27. The predicted molar refractivity (Wildman–Crippen MR) is 77.8 cm³/mol. The lowest BCUT2D eigenvalue weighted by molar-refractivity contribution is 0.0837. The van der Waals surface area contributed by atoms with Crippen molar-refractivity contribution in [1.82, 2.24) is 15.1 Å². The van der Waals surface area contributed by atoms with Crippen LogP contribution in [0.3, 0.4) is 0 Å². The van der Waals surface area contributed by atoms with E-state index in [1.165, 1.54) is 0 Å². The summed E-state index contributed by atoms with van der Waals surface area (Å²) in [6, 6.07) is 12.0. The topological polar surface area (TPSA) is 46.9 Å². The molecule has 2 aromatic rings. The number of aromatic nitrogens is 2. The van der Waals surface area contributed by atoms with Gasteiger partial charge in [0.2, 0.25) is 0 Å². The molecule has 0 unspecified atom stereocenters. The average molecular weight is 269 g/mol. The van der Waals surface area contributed by atoms with Crippen molar-refractivity contribution in [2.75, 3.05) is 13.1 Å². The van der Waals surface area contributed by atoms with Crippen molar-refractivity contribution < 1.29 is 4.79 Å². The molecule has 1 aromatic heterocycles. The lowest BCUT2D eigenvalue weighted by Crippen LogP contribution is -2.46. The summed E-state index contributed by atoms with van der Waals surface area (Å²) in [7, 11) is 1.83. The van der Waals surface area contributed by atoms with E-state index in [0.717, 1.165) is 31.5 Å². The molecule has 0 amide bonds. The van der Waals surface area contributed by atoms with Gasteiger partial charge in [-0.05, 0) is 37.6 Å². The number of hydrogen-bond acceptors (Lipinski definition) is 3. The molecule has 1 fully saturated rings. The van der Waals surface area contributed by atoms with Gasteiger partial charge >= 0.3 is 0 Å². The Morgan fingerprint density at radius 1 is 1.20 bits per heavy atom. The van der Waals surface area contributed by atoms with Crippen LogP contribution in [-0.4, -0.2) is 28.7 Å². The molecule has 1 aliphatic heterocycles. The van der Waals surface area contributed by atoms with Gasteiger partial charge in [-0.3, -0.25) is 9.48 Å². The van der Waals surface area contributed by atoms with Gasteiger partial charge in [0.1, 0.15) is 5.69 Å². The molecule has 20 heavy (non-hydrogen) atoms. The van der Waals surface area contributed by atoms with E-state index in [0.29, 0.717) is 5.69 Å². The van der Waals surface area contributed by atoms with Crippen LogP contribution in [0.4, 0.5) is 0 Å². The summed E-state index contributed by atoms with van der Waals surface area (Å²) in [5.41, 5.74) is 1.39. The van der Waals surface area contributed by atoms with Gasteiger partial charge in [-0.15, -0.1) is 0 Å². The zero-order valence-electron chi connectivity index (χ0n) is 11.7. The normalized spacial score (nSPS) is 17.9. The molecule has 2 heterocycles. The Balaban J connectivity index is 2.07. The molecule has 0 aliphatic carbocycles. The van der Waals surface area contributed by atoms with Crippen LogP contribution in [-0.2, 0) is 12.5 Å². The second kappa shape index (κ2) is 5.21. The Morgan fingerprint density at radius 2 is 1.90 bits per heavy atom. The molecule has 104 valence electrons. The van der Waals surface area contributed by atoms with Crippen LogP contribution in [0.15, 0.2) is 42.6 Å². The van der Waals surface area contributed by atoms with E-state index in [9.17, 15) is 4.79 Å². The fraction of sp³-hybridized carbons (Fsp3) is 0.375. The molecule has 0 saturated carbocycles. The highest BCUT2D eigenvalue weighted by atomic mass is 16.1. The number of piperidine rings is 1. The van der Waals surface area contributed by atoms with Crippen molar-refractivity contribution in [1.29, 1.82) is 0 Å². The van der Waals surface area contributed by atoms with Crippen LogP contribution < -0.4 is 5.32 Å². The van der Waals surface area contributed by atoms with Gasteiger partial charge in [-0.25, -0.2) is 0 Å². The van der Waals surface area contributed by atoms with Crippen molar-refractivity contribution in [3.05, 3.63) is 53.9 Å². The van der Waals surface area contributed by atoms with Crippen molar-refractivity contribution in [2.24, 2.45) is 7.05 Å². The summed E-state index contributed by atoms with van der Waals surface area (Å²) < 4.78 is 1.68. The monoisotopic (exact) mass is 269 g/mol. The highest BCUT2D eigenvalue weighted by Crippen LogP contribution is 2.36. The van der Waals surface area contributed by atoms with Gasteiger partial charge in [0.15, 0.2) is 5.78 Å². The van der Waals surface area contributed by atoms with Crippen molar-refractivity contribution >= 4 is 5.78 Å². The maximum Gasteiger partial charge on any atom is 0.191 e. The van der Waals surface area contributed by atoms with Crippen molar-refractivity contribution in [3.8, 4) is 0 Å². The van der Waals surface area contributed by atoms with Crippen molar-refractivity contribution in [2.45, 2.75) is 18.3 Å². The molecular weight excluding hydrogens is 250 g/mol. The third-order valence-corrected chi connectivity index (χ3v) is 4.27. The van der Waals surface area contributed by atoms with Crippen LogP contribution in [0.25, 0.3) is 0 Å². The number of benzene rings is 1. The minimum Gasteiger partial charge on any atom is -0.317 e. The Morgan fingerprint density at radius 3 is 2.50 bits per heavy atom. The quantitative estimate of drug-likeness (QED) is 0.866. The second-order valence-corrected chi connectivity index (χ2v) is 5.37. The number of rotatable bonds is 3. The van der Waals surface area contributed by atoms with Crippen LogP contribution in [0, 0.1) is 0 Å². The summed E-state index contributed by atoms with van der Waals surface area (Å²) in [5.74, 6) is 0.185. The zero-order chi connectivity index (χ0) is 14.0. The highest BCUT2D eigenvalue weighted by Gasteiger charge is 2.42. The third kappa shape index (κ3) is 2.06. The van der Waals surface area contributed by atoms with Crippen molar-refractivity contribution in [3.63, 3.8) is 0 Å². The Bertz CT molecular complexity index is 597. The molecule has 1 N–H and O–H groups in total. The van der Waals surface area contributed by atoms with E-state index in [1.54, 1.807) is 10.9 Å². The van der Waals surface area contributed by atoms with Gasteiger partial charge in [-0.1, -0.05) is 30.3 Å². The summed E-state index contributed by atoms with van der Waals surface area (Å²) >= 11 is 0. The maximum absolute atomic E-state index is 13.1. The first-order chi connectivity index (χ1) is 9.74. The maximum atomic E-state index is 13.1. The fourth-order valence-corrected chi connectivity index (χ4v) is 3.10. The number of nitrogens with zero attached hydrogens (tertiary/aromatic N) is 2. The van der Waals surface area contributed by atoms with E-state index in [1.807, 2.05) is 31.3 Å². The first-order valence-corrected chi connectivity index (χ1v) is 7.03. The molecule has 4 heteroatoms. The molecule has 3 rings (SSSR count). The molecular formula is C16H19N3O. The smallest absolute Gasteiger partial charge is 0.191 e. The molecule has 0 spiro atoms. The standard InChI is InChI=1S/C16H19N3O/c1-19-14(7-10-18-19)15(20)16(8-11-17-12-9-16)13-5-3-2-4-6-13/h2-7,10,17H,8-9,11-12H2,1H3. The van der Waals surface area contributed by atoms with Crippen LogP contribution in [0.2, 0.25) is 0 Å². The SMILES string of the molecule is Cn1nccc1C(=O)C1(c2ccccc2)CCNCC1. The zero-order valence-corrected chi connectivity index (χ0v) is 11.7. The lowest BCUT2D eigenvalue weighted by atomic mass is 9.69. The Kier molecular flexibility index (Phi) is 3.40. The minimum absolute atomic E-state index is 0.185. The van der Waals surface area contributed by atoms with Gasteiger partial charge in [0.25, 0.3) is 0 Å². The van der Waals surface area contributed by atoms with E-state index in [2.05, 4.69) is 22.5 Å². The van der Waals surface area contributed by atoms with E-state index in [4.69, 9.17) is 0 Å². The highest BCUT2D eigenvalue weighted by molar-refractivity contribution is 6.03. The predicted octanol–water partition coefficient (Wildman–Crippen LogP) is 1.92. The molecule has 1 saturated heterocycles. The minimum atomic E-state index is -0.416. The molecule has 1 aromatic carbocycles. The largest absolute Gasteiger partial charge is 0.317 e. The fourth-order valence-electron chi connectivity index (χ4n) is 3.10. The number of hydrogen-bond donors (Lipinski definition) is 1. The molecule has 4 nitrogen and oxygen atoms in total. The van der Waals surface area contributed by atoms with Crippen LogP contribution in [0.5, 0.6) is 0 Å². The molecule has 0 atom stereocenters. The Hall–Kier alpha value is -1.94.